The molecule has 2 aromatic rings. The molecule has 1 aromatic carbocycles. The van der Waals surface area contributed by atoms with E-state index in [2.05, 4.69) is 4.98 Å². The maximum Gasteiger partial charge on any atom is 0.248 e. The zero-order valence-electron chi connectivity index (χ0n) is 12.5. The lowest BCUT2D eigenvalue weighted by molar-refractivity contribution is -0.140. The number of hydrogen-bond acceptors (Lipinski definition) is 3. The monoisotopic (exact) mass is 308 g/mol. The number of H-pyrrole nitrogens is 1. The Morgan fingerprint density at radius 3 is 2.35 bits per heavy atom. The van der Waals surface area contributed by atoms with Gasteiger partial charge in [-0.25, -0.2) is 0 Å². The van der Waals surface area contributed by atoms with E-state index < -0.39 is 0 Å². The van der Waals surface area contributed by atoms with E-state index in [0.29, 0.717) is 23.9 Å². The van der Waals surface area contributed by atoms with Crippen LogP contribution in [0.5, 0.6) is 0 Å². The van der Waals surface area contributed by atoms with Crippen LogP contribution in [-0.2, 0) is 16.1 Å². The minimum absolute atomic E-state index is 0.117. The van der Waals surface area contributed by atoms with E-state index in [1.807, 2.05) is 36.4 Å². The lowest BCUT2D eigenvalue weighted by atomic mass is 9.85. The molecular formula is C18H16N2O3. The molecule has 23 heavy (non-hydrogen) atoms. The van der Waals surface area contributed by atoms with Gasteiger partial charge < -0.3 is 4.98 Å². The molecule has 2 aliphatic rings. The number of hydrogen-bond donors (Lipinski definition) is 1. The van der Waals surface area contributed by atoms with Crippen molar-refractivity contribution in [1.82, 2.24) is 9.88 Å². The predicted octanol–water partition coefficient (Wildman–Crippen LogP) is 1.98. The first-order valence-corrected chi connectivity index (χ1v) is 7.76. The Kier molecular flexibility index (Phi) is 3.15. The molecule has 1 aliphatic heterocycles. The van der Waals surface area contributed by atoms with Gasteiger partial charge in [-0.05, 0) is 24.5 Å². The van der Waals surface area contributed by atoms with Crippen LogP contribution in [0.4, 0.5) is 0 Å². The van der Waals surface area contributed by atoms with Crippen molar-refractivity contribution >= 4 is 22.7 Å². The zero-order chi connectivity index (χ0) is 16.0. The highest BCUT2D eigenvalue weighted by molar-refractivity contribution is 6.05. The van der Waals surface area contributed by atoms with E-state index >= 15 is 0 Å². The number of rotatable bonds is 2. The molecule has 4 rings (SSSR count). The second-order valence-corrected chi connectivity index (χ2v) is 6.12. The second kappa shape index (κ2) is 5.19. The number of allylic oxidation sites excluding steroid dienone is 2. The molecule has 0 spiro atoms. The van der Waals surface area contributed by atoms with Gasteiger partial charge in [0.1, 0.15) is 0 Å². The standard InChI is InChI=1S/C18H16N2O3/c21-16-9-11(12-5-3-4-8-15(12)19-16)10-20-17(22)13-6-1-2-7-14(13)18(20)23/h1-5,8-9,13-14H,6-7,10H2,(H,19,21)/t13-,14-/m0/s1. The fourth-order valence-electron chi connectivity index (χ4n) is 3.60. The SMILES string of the molecule is O=C1[C@H]2CC=CC[C@@H]2C(=O)N1Cc1cc(=O)[nH]c2ccccc12. The van der Waals surface area contributed by atoms with Crippen LogP contribution in [0.3, 0.4) is 0 Å². The number of nitrogens with zero attached hydrogens (tertiary/aromatic N) is 1. The van der Waals surface area contributed by atoms with E-state index in [9.17, 15) is 14.4 Å². The highest BCUT2D eigenvalue weighted by Gasteiger charge is 2.47. The highest BCUT2D eigenvalue weighted by Crippen LogP contribution is 2.36. The van der Waals surface area contributed by atoms with E-state index in [-0.39, 0.29) is 35.8 Å². The predicted molar refractivity (Wildman–Crippen MR) is 85.5 cm³/mol. The molecule has 116 valence electrons. The summed E-state index contributed by atoms with van der Waals surface area (Å²) in [6.07, 6.45) is 5.20. The third kappa shape index (κ3) is 2.20. The molecule has 1 aliphatic carbocycles. The van der Waals surface area contributed by atoms with E-state index in [1.165, 1.54) is 11.0 Å². The molecule has 0 unspecified atom stereocenters. The minimum Gasteiger partial charge on any atom is -0.322 e. The van der Waals surface area contributed by atoms with Gasteiger partial charge in [0, 0.05) is 17.0 Å². The number of fused-ring (bicyclic) bond motifs is 2. The van der Waals surface area contributed by atoms with Gasteiger partial charge in [0.25, 0.3) is 0 Å². The van der Waals surface area contributed by atoms with Crippen molar-refractivity contribution in [1.29, 1.82) is 0 Å². The number of amides is 2. The summed E-state index contributed by atoms with van der Waals surface area (Å²) >= 11 is 0. The zero-order valence-corrected chi connectivity index (χ0v) is 12.5. The van der Waals surface area contributed by atoms with Crippen molar-refractivity contribution in [3.05, 3.63) is 58.4 Å². The molecule has 0 bridgehead atoms. The fourth-order valence-corrected chi connectivity index (χ4v) is 3.60. The average Bonchev–Trinajstić information content (AvgIpc) is 2.80. The third-order valence-electron chi connectivity index (χ3n) is 4.76. The van der Waals surface area contributed by atoms with Crippen LogP contribution < -0.4 is 5.56 Å². The Balaban J connectivity index is 1.73. The van der Waals surface area contributed by atoms with Crippen molar-refractivity contribution in [3.8, 4) is 0 Å². The number of likely N-dealkylation sites (tertiary alicyclic amines) is 1. The normalized spacial score (nSPS) is 23.6. The summed E-state index contributed by atoms with van der Waals surface area (Å²) in [5.74, 6) is -0.705. The lowest BCUT2D eigenvalue weighted by Gasteiger charge is -2.16. The summed E-state index contributed by atoms with van der Waals surface area (Å²) < 4.78 is 0. The first kappa shape index (κ1) is 13.9. The van der Waals surface area contributed by atoms with Crippen molar-refractivity contribution in [2.75, 3.05) is 0 Å². The molecule has 0 saturated carbocycles. The number of carbonyl (C=O) groups is 2. The van der Waals surface area contributed by atoms with Gasteiger partial charge in [-0.2, -0.15) is 0 Å². The van der Waals surface area contributed by atoms with Crippen LogP contribution in [-0.4, -0.2) is 21.7 Å². The van der Waals surface area contributed by atoms with Crippen LogP contribution in [0, 0.1) is 11.8 Å². The number of imide groups is 1. The van der Waals surface area contributed by atoms with E-state index in [1.54, 1.807) is 0 Å². The van der Waals surface area contributed by atoms with Gasteiger partial charge in [0.05, 0.1) is 18.4 Å². The number of nitrogens with one attached hydrogen (secondary N) is 1. The molecule has 2 atom stereocenters. The van der Waals surface area contributed by atoms with Crippen LogP contribution in [0.1, 0.15) is 18.4 Å². The third-order valence-corrected chi connectivity index (χ3v) is 4.76. The molecule has 1 N–H and O–H groups in total. The maximum absolute atomic E-state index is 12.6. The van der Waals surface area contributed by atoms with Gasteiger partial charge >= 0.3 is 0 Å². The first-order chi connectivity index (χ1) is 11.1. The van der Waals surface area contributed by atoms with Crippen molar-refractivity contribution < 1.29 is 9.59 Å². The number of benzene rings is 1. The molecule has 0 radical (unpaired) electrons. The Labute approximate surface area is 132 Å². The molecule has 2 heterocycles. The number of para-hydroxylation sites is 1. The summed E-state index contributed by atoms with van der Waals surface area (Å²) in [4.78, 5) is 41.1. The molecule has 1 fully saturated rings. The Hall–Kier alpha value is -2.69. The summed E-state index contributed by atoms with van der Waals surface area (Å²) in [7, 11) is 0. The Bertz CT molecular complexity index is 871. The van der Waals surface area contributed by atoms with Gasteiger partial charge in [-0.1, -0.05) is 30.4 Å². The van der Waals surface area contributed by atoms with Crippen molar-refractivity contribution in [3.63, 3.8) is 0 Å². The number of aromatic amines is 1. The van der Waals surface area contributed by atoms with Crippen molar-refractivity contribution in [2.45, 2.75) is 19.4 Å². The molecule has 1 aromatic heterocycles. The topological polar surface area (TPSA) is 70.2 Å². The Morgan fingerprint density at radius 1 is 1.00 bits per heavy atom. The maximum atomic E-state index is 12.6. The summed E-state index contributed by atoms with van der Waals surface area (Å²) in [5.41, 5.74) is 1.20. The quantitative estimate of drug-likeness (QED) is 0.681. The van der Waals surface area contributed by atoms with Gasteiger partial charge in [0.15, 0.2) is 0 Å². The van der Waals surface area contributed by atoms with Crippen molar-refractivity contribution in [2.24, 2.45) is 11.8 Å². The summed E-state index contributed by atoms with van der Waals surface area (Å²) in [6.45, 7) is 0.162. The molecule has 1 saturated heterocycles. The van der Waals surface area contributed by atoms with Gasteiger partial charge in [-0.3, -0.25) is 19.3 Å². The van der Waals surface area contributed by atoms with E-state index in [4.69, 9.17) is 0 Å². The summed E-state index contributed by atoms with van der Waals surface area (Å²) in [5, 5.41) is 0.862. The van der Waals surface area contributed by atoms with Gasteiger partial charge in [0.2, 0.25) is 17.4 Å². The average molecular weight is 308 g/mol. The smallest absolute Gasteiger partial charge is 0.248 e. The van der Waals surface area contributed by atoms with Crippen LogP contribution in [0.15, 0.2) is 47.3 Å². The highest BCUT2D eigenvalue weighted by atomic mass is 16.2. The molecule has 5 heteroatoms. The lowest BCUT2D eigenvalue weighted by Crippen LogP contribution is -2.31. The first-order valence-electron chi connectivity index (χ1n) is 7.76. The molecule has 2 amide bonds. The molecule has 5 nitrogen and oxygen atoms in total. The fraction of sp³-hybridized carbons (Fsp3) is 0.278. The Morgan fingerprint density at radius 2 is 1.65 bits per heavy atom. The largest absolute Gasteiger partial charge is 0.322 e. The number of aromatic nitrogens is 1. The minimum atomic E-state index is -0.235. The van der Waals surface area contributed by atoms with E-state index in [0.717, 1.165) is 5.39 Å². The second-order valence-electron chi connectivity index (χ2n) is 6.12. The summed E-state index contributed by atoms with van der Waals surface area (Å²) in [6, 6.07) is 8.90. The van der Waals surface area contributed by atoms with Crippen LogP contribution >= 0.6 is 0 Å². The van der Waals surface area contributed by atoms with Crippen LogP contribution in [0.25, 0.3) is 10.9 Å². The number of carbonyl (C=O) groups excluding carboxylic acids is 2. The molecular weight excluding hydrogens is 292 g/mol. The number of pyridine rings is 1. The van der Waals surface area contributed by atoms with Crippen LogP contribution in [0.2, 0.25) is 0 Å². The van der Waals surface area contributed by atoms with Gasteiger partial charge in [-0.15, -0.1) is 0 Å².